The molecule has 6 nitrogen and oxygen atoms in total. The molecular formula is C29H36F2N2O4S. The van der Waals surface area contributed by atoms with Crippen LogP contribution < -0.4 is 10.1 Å². The van der Waals surface area contributed by atoms with E-state index in [1.165, 1.54) is 12.1 Å². The van der Waals surface area contributed by atoms with Crippen LogP contribution in [0.3, 0.4) is 0 Å². The molecule has 0 aromatic heterocycles. The summed E-state index contributed by atoms with van der Waals surface area (Å²) in [6, 6.07) is 8.69. The Bertz CT molecular complexity index is 1320. The lowest BCUT2D eigenvalue weighted by molar-refractivity contribution is 0.0509. The molecule has 2 heterocycles. The number of likely N-dealkylation sites (tertiary alicyclic amines) is 1. The molecule has 5 rings (SSSR count). The number of ketones is 1. The van der Waals surface area contributed by atoms with E-state index in [1.807, 2.05) is 6.07 Å². The van der Waals surface area contributed by atoms with Crippen LogP contribution in [-0.4, -0.2) is 62.9 Å². The van der Waals surface area contributed by atoms with Gasteiger partial charge in [-0.15, -0.1) is 0 Å². The lowest BCUT2D eigenvalue weighted by Gasteiger charge is -2.41. The third-order valence-corrected chi connectivity index (χ3v) is 9.26. The Morgan fingerprint density at radius 3 is 2.53 bits per heavy atom. The Morgan fingerprint density at radius 2 is 1.89 bits per heavy atom. The molecule has 2 aromatic rings. The number of halogens is 2. The van der Waals surface area contributed by atoms with Gasteiger partial charge in [0.05, 0.1) is 24.0 Å². The summed E-state index contributed by atoms with van der Waals surface area (Å²) in [5, 5.41) is 2.88. The second-order valence-electron chi connectivity index (χ2n) is 11.7. The lowest BCUT2D eigenvalue weighted by atomic mass is 9.80. The van der Waals surface area contributed by atoms with E-state index in [4.69, 9.17) is 4.74 Å². The Balaban J connectivity index is 1.22. The maximum absolute atomic E-state index is 15.1. The molecule has 3 aliphatic rings. The lowest BCUT2D eigenvalue weighted by Crippen LogP contribution is -2.42. The first kappa shape index (κ1) is 27.2. The molecule has 38 heavy (non-hydrogen) atoms. The quantitative estimate of drug-likeness (QED) is 0.345. The van der Waals surface area contributed by atoms with Gasteiger partial charge in [-0.3, -0.25) is 15.0 Å². The number of ether oxygens (including phenoxy) is 1. The first-order valence-corrected chi connectivity index (χ1v) is 15.4. The minimum Gasteiger partial charge on any atom is -0.493 e. The van der Waals surface area contributed by atoms with Crippen LogP contribution in [-0.2, 0) is 9.84 Å². The summed E-state index contributed by atoms with van der Waals surface area (Å²) >= 11 is 0. The zero-order valence-electron chi connectivity index (χ0n) is 22.2. The van der Waals surface area contributed by atoms with Gasteiger partial charge >= 0.3 is 0 Å². The second-order valence-corrected chi connectivity index (χ2v) is 13.9. The summed E-state index contributed by atoms with van der Waals surface area (Å²) in [7, 11) is -3.23. The Kier molecular flexibility index (Phi) is 7.39. The largest absolute Gasteiger partial charge is 0.493 e. The van der Waals surface area contributed by atoms with Gasteiger partial charge < -0.3 is 4.74 Å². The van der Waals surface area contributed by atoms with Crippen molar-refractivity contribution in [2.45, 2.75) is 63.6 Å². The highest BCUT2D eigenvalue weighted by atomic mass is 32.2. The van der Waals surface area contributed by atoms with E-state index in [0.717, 1.165) is 56.2 Å². The van der Waals surface area contributed by atoms with Gasteiger partial charge in [0.1, 0.15) is 27.2 Å². The van der Waals surface area contributed by atoms with E-state index in [1.54, 1.807) is 18.2 Å². The van der Waals surface area contributed by atoms with Crippen molar-refractivity contribution in [3.05, 3.63) is 64.7 Å². The monoisotopic (exact) mass is 546 g/mol. The number of carbonyl (C=O) groups is 1. The number of nitrogens with zero attached hydrogens (tertiary/aromatic N) is 1. The SMILES string of the molecule is C[C@@H](c1cccc(F)c1)N1CCC(C)(COc2cc(F)c(C(=O)C3NC3CS(C)(=O)=O)cc2C2CC2)CC1. The van der Waals surface area contributed by atoms with Gasteiger partial charge in [0.15, 0.2) is 5.78 Å². The summed E-state index contributed by atoms with van der Waals surface area (Å²) in [5.41, 5.74) is 1.74. The third-order valence-electron chi connectivity index (χ3n) is 8.29. The van der Waals surface area contributed by atoms with Gasteiger partial charge in [-0.05, 0) is 80.9 Å². The molecule has 0 radical (unpaired) electrons. The molecule has 2 saturated heterocycles. The molecule has 1 saturated carbocycles. The Labute approximate surface area is 223 Å². The van der Waals surface area contributed by atoms with E-state index in [0.29, 0.717) is 12.4 Å². The predicted octanol–water partition coefficient (Wildman–Crippen LogP) is 4.65. The number of Topliss-reactive ketones (excluding diaryl/α,β-unsaturated/α-hetero) is 1. The average molecular weight is 547 g/mol. The number of sulfone groups is 1. The van der Waals surface area contributed by atoms with Crippen molar-refractivity contribution >= 4 is 15.6 Å². The van der Waals surface area contributed by atoms with Gasteiger partial charge in [-0.2, -0.15) is 0 Å². The summed E-state index contributed by atoms with van der Waals surface area (Å²) < 4.78 is 58.1. The van der Waals surface area contributed by atoms with Crippen molar-refractivity contribution in [1.29, 1.82) is 0 Å². The van der Waals surface area contributed by atoms with E-state index < -0.39 is 33.5 Å². The molecule has 0 bridgehead atoms. The first-order chi connectivity index (χ1) is 17.9. The minimum absolute atomic E-state index is 0.00129. The summed E-state index contributed by atoms with van der Waals surface area (Å²) in [5.74, 6) is -0.661. The van der Waals surface area contributed by atoms with Crippen molar-refractivity contribution in [1.82, 2.24) is 10.2 Å². The summed E-state index contributed by atoms with van der Waals surface area (Å²) in [6.45, 7) is 6.45. The fraction of sp³-hybridized carbons (Fsp3) is 0.552. The standard InChI is InChI=1S/C29H36F2N2O4S/c1-18(20-5-4-6-21(30)13-20)33-11-9-29(2,10-12-33)17-37-26-15-24(31)23(14-22(26)19-7-8-19)28(34)27-25(32-27)16-38(3,35)36/h4-6,13-15,18-19,25,27,32H,7-12,16-17H2,1-3H3/t18-,25?,27?/m0/s1. The summed E-state index contributed by atoms with van der Waals surface area (Å²) in [6.07, 6.45) is 4.87. The van der Waals surface area contributed by atoms with Gasteiger partial charge in [-0.1, -0.05) is 19.1 Å². The Hall–Kier alpha value is -2.36. The molecule has 2 aliphatic heterocycles. The highest BCUT2D eigenvalue weighted by Crippen LogP contribution is 2.46. The molecule has 9 heteroatoms. The van der Waals surface area contributed by atoms with Gasteiger partial charge in [0, 0.05) is 29.8 Å². The van der Waals surface area contributed by atoms with Crippen molar-refractivity contribution in [3.63, 3.8) is 0 Å². The van der Waals surface area contributed by atoms with Gasteiger partial charge in [-0.25, -0.2) is 17.2 Å². The first-order valence-electron chi connectivity index (χ1n) is 13.4. The van der Waals surface area contributed by atoms with E-state index >= 15 is 4.39 Å². The maximum Gasteiger partial charge on any atom is 0.184 e. The smallest absolute Gasteiger partial charge is 0.184 e. The maximum atomic E-state index is 15.1. The fourth-order valence-electron chi connectivity index (χ4n) is 5.50. The molecule has 0 amide bonds. The molecule has 2 unspecified atom stereocenters. The average Bonchev–Trinajstić information content (AvgIpc) is 3.78. The number of nitrogens with one attached hydrogen (secondary N) is 1. The number of piperidine rings is 1. The molecular weight excluding hydrogens is 510 g/mol. The van der Waals surface area contributed by atoms with Crippen LogP contribution >= 0.6 is 0 Å². The van der Waals surface area contributed by atoms with Crippen molar-refractivity contribution in [2.24, 2.45) is 5.41 Å². The highest BCUT2D eigenvalue weighted by molar-refractivity contribution is 7.90. The van der Waals surface area contributed by atoms with E-state index in [2.05, 4.69) is 24.1 Å². The molecule has 2 aromatic carbocycles. The topological polar surface area (TPSA) is 85.6 Å². The molecule has 3 atom stereocenters. The number of hydrogen-bond donors (Lipinski definition) is 1. The number of carbonyl (C=O) groups excluding carboxylic acids is 1. The van der Waals surface area contributed by atoms with Crippen LogP contribution in [0.15, 0.2) is 36.4 Å². The zero-order chi connectivity index (χ0) is 27.2. The fourth-order valence-corrected chi connectivity index (χ4v) is 6.44. The molecule has 1 N–H and O–H groups in total. The van der Waals surface area contributed by atoms with E-state index in [-0.39, 0.29) is 34.5 Å². The number of rotatable bonds is 10. The van der Waals surface area contributed by atoms with Crippen molar-refractivity contribution < 1.29 is 26.7 Å². The predicted molar refractivity (Wildman–Crippen MR) is 142 cm³/mol. The van der Waals surface area contributed by atoms with Crippen LogP contribution in [0.4, 0.5) is 8.78 Å². The molecule has 1 aliphatic carbocycles. The second kappa shape index (κ2) is 10.3. The van der Waals surface area contributed by atoms with E-state index in [9.17, 15) is 17.6 Å². The normalized spacial score (nSPS) is 24.1. The van der Waals surface area contributed by atoms with Gasteiger partial charge in [0.25, 0.3) is 0 Å². The van der Waals surface area contributed by atoms with Crippen LogP contribution in [0.25, 0.3) is 0 Å². The minimum atomic E-state index is -3.23. The summed E-state index contributed by atoms with van der Waals surface area (Å²) in [4.78, 5) is 15.3. The van der Waals surface area contributed by atoms with Crippen LogP contribution in [0.5, 0.6) is 5.75 Å². The Morgan fingerprint density at radius 1 is 1.18 bits per heavy atom. The van der Waals surface area contributed by atoms with Crippen LogP contribution in [0, 0.1) is 17.0 Å². The van der Waals surface area contributed by atoms with Crippen molar-refractivity contribution in [2.75, 3.05) is 31.7 Å². The third kappa shape index (κ3) is 6.26. The van der Waals surface area contributed by atoms with Gasteiger partial charge in [0.2, 0.25) is 0 Å². The number of hydrogen-bond acceptors (Lipinski definition) is 6. The zero-order valence-corrected chi connectivity index (χ0v) is 23.0. The molecule has 3 fully saturated rings. The van der Waals surface area contributed by atoms with Crippen LogP contribution in [0.2, 0.25) is 0 Å². The number of benzene rings is 2. The molecule has 0 spiro atoms. The van der Waals surface area contributed by atoms with Crippen LogP contribution in [0.1, 0.15) is 73.0 Å². The molecule has 206 valence electrons. The highest BCUT2D eigenvalue weighted by Gasteiger charge is 2.45. The van der Waals surface area contributed by atoms with Crippen molar-refractivity contribution in [3.8, 4) is 5.75 Å².